The molecular weight excluding hydrogens is 356 g/mol. The Morgan fingerprint density at radius 1 is 0.857 bits per heavy atom. The van der Waals surface area contributed by atoms with Crippen molar-refractivity contribution in [2.75, 3.05) is 6.61 Å². The molecule has 0 aliphatic carbocycles. The van der Waals surface area contributed by atoms with E-state index < -0.39 is 6.16 Å². The van der Waals surface area contributed by atoms with Gasteiger partial charge in [-0.3, -0.25) is 0 Å². The van der Waals surface area contributed by atoms with Crippen molar-refractivity contribution in [3.63, 3.8) is 0 Å². The van der Waals surface area contributed by atoms with E-state index in [0.29, 0.717) is 12.4 Å². The third kappa shape index (κ3) is 9.86. The number of hydrogen-bond donors (Lipinski definition) is 2. The van der Waals surface area contributed by atoms with Crippen LogP contribution in [0, 0.1) is 0 Å². The normalized spacial score (nSPS) is 10.8. The van der Waals surface area contributed by atoms with E-state index in [-0.39, 0.29) is 11.5 Å². The summed E-state index contributed by atoms with van der Waals surface area (Å²) < 4.78 is 10.5. The van der Waals surface area contributed by atoms with Crippen LogP contribution >= 0.6 is 0 Å². The minimum absolute atomic E-state index is 0.0724. The lowest BCUT2D eigenvalue weighted by atomic mass is 10.0. The van der Waals surface area contributed by atoms with Gasteiger partial charge in [-0.05, 0) is 30.9 Å². The topological polar surface area (TPSA) is 76.0 Å². The van der Waals surface area contributed by atoms with Crippen molar-refractivity contribution in [1.82, 2.24) is 0 Å². The van der Waals surface area contributed by atoms with E-state index >= 15 is 0 Å². The zero-order valence-electron chi connectivity index (χ0n) is 17.7. The molecule has 0 saturated carbocycles. The third-order valence-corrected chi connectivity index (χ3v) is 4.92. The van der Waals surface area contributed by atoms with Gasteiger partial charge in [0, 0.05) is 0 Å². The number of benzene rings is 1. The predicted octanol–water partition coefficient (Wildman–Crippen LogP) is 7.09. The second-order valence-electron chi connectivity index (χ2n) is 7.40. The van der Waals surface area contributed by atoms with E-state index in [0.717, 1.165) is 37.7 Å². The smallest absolute Gasteiger partial charge is 0.502 e. The van der Waals surface area contributed by atoms with E-state index in [4.69, 9.17) is 9.84 Å². The molecule has 0 radical (unpaired) electrons. The Hall–Kier alpha value is -1.91. The molecule has 1 aromatic carbocycles. The van der Waals surface area contributed by atoms with Crippen molar-refractivity contribution in [1.29, 1.82) is 0 Å². The summed E-state index contributed by atoms with van der Waals surface area (Å²) >= 11 is 0. The Labute approximate surface area is 170 Å². The molecule has 1 rings (SSSR count). The molecular formula is C23H38O5. The highest BCUT2D eigenvalue weighted by molar-refractivity contribution is 5.65. The van der Waals surface area contributed by atoms with E-state index in [1.54, 1.807) is 6.07 Å². The van der Waals surface area contributed by atoms with Gasteiger partial charge in [0.05, 0.1) is 6.61 Å². The minimum Gasteiger partial charge on any atom is -0.502 e. The summed E-state index contributed by atoms with van der Waals surface area (Å²) in [4.78, 5) is 10.8. The molecule has 160 valence electrons. The van der Waals surface area contributed by atoms with Crippen LogP contribution in [0.25, 0.3) is 0 Å². The van der Waals surface area contributed by atoms with Gasteiger partial charge in [0.2, 0.25) is 5.75 Å². The van der Waals surface area contributed by atoms with Gasteiger partial charge in [0.15, 0.2) is 11.5 Å². The van der Waals surface area contributed by atoms with Crippen LogP contribution in [0.3, 0.4) is 0 Å². The van der Waals surface area contributed by atoms with Crippen molar-refractivity contribution in [2.24, 2.45) is 0 Å². The molecule has 5 heteroatoms. The van der Waals surface area contributed by atoms with Crippen LogP contribution in [0.5, 0.6) is 17.2 Å². The van der Waals surface area contributed by atoms with Gasteiger partial charge in [-0.1, -0.05) is 84.1 Å². The van der Waals surface area contributed by atoms with Gasteiger partial charge in [0.25, 0.3) is 0 Å². The Kier molecular flexibility index (Phi) is 13.0. The van der Waals surface area contributed by atoms with Crippen molar-refractivity contribution < 1.29 is 24.5 Å². The first-order chi connectivity index (χ1) is 13.6. The molecule has 0 amide bonds. The summed E-state index contributed by atoms with van der Waals surface area (Å²) in [5.74, 6) is 0.0911. The maximum Gasteiger partial charge on any atom is 0.511 e. The first-order valence-electron chi connectivity index (χ1n) is 11.0. The summed E-state index contributed by atoms with van der Waals surface area (Å²) in [6, 6.07) is 3.31. The van der Waals surface area contributed by atoms with Crippen LogP contribution in [0.1, 0.15) is 96.5 Å². The maximum absolute atomic E-state index is 10.8. The molecule has 0 bridgehead atoms. The molecule has 0 atom stereocenters. The molecule has 0 unspecified atom stereocenters. The fourth-order valence-electron chi connectivity index (χ4n) is 3.28. The van der Waals surface area contributed by atoms with E-state index in [1.165, 1.54) is 57.4 Å². The summed E-state index contributed by atoms with van der Waals surface area (Å²) in [7, 11) is 0. The van der Waals surface area contributed by atoms with E-state index in [1.807, 2.05) is 0 Å². The number of phenolic OH excluding ortho intramolecular Hbond substituents is 1. The number of hydrogen-bond acceptors (Lipinski definition) is 4. The number of aromatic hydroxyl groups is 1. The second-order valence-corrected chi connectivity index (χ2v) is 7.40. The molecule has 0 saturated heterocycles. The minimum atomic E-state index is -1.44. The molecule has 1 aromatic rings. The van der Waals surface area contributed by atoms with E-state index in [2.05, 4.69) is 18.6 Å². The molecule has 28 heavy (non-hydrogen) atoms. The number of carboxylic acid groups (broad SMARTS) is 1. The third-order valence-electron chi connectivity index (χ3n) is 4.92. The molecule has 0 aromatic heterocycles. The molecule has 0 heterocycles. The van der Waals surface area contributed by atoms with Gasteiger partial charge >= 0.3 is 6.16 Å². The first-order valence-corrected chi connectivity index (χ1v) is 11.0. The summed E-state index contributed by atoms with van der Waals surface area (Å²) in [6.45, 7) is 4.92. The van der Waals surface area contributed by atoms with Crippen molar-refractivity contribution >= 4 is 6.16 Å². The van der Waals surface area contributed by atoms with Gasteiger partial charge in [0.1, 0.15) is 0 Å². The van der Waals surface area contributed by atoms with Crippen molar-refractivity contribution in [3.8, 4) is 17.2 Å². The maximum atomic E-state index is 10.8. The lowest BCUT2D eigenvalue weighted by molar-refractivity contribution is 0.142. The number of carbonyl (C=O) groups is 1. The number of unbranched alkanes of at least 4 members (excludes halogenated alkanes) is 10. The lowest BCUT2D eigenvalue weighted by Crippen LogP contribution is -2.06. The van der Waals surface area contributed by atoms with E-state index in [9.17, 15) is 9.90 Å². The van der Waals surface area contributed by atoms with Crippen LogP contribution < -0.4 is 9.47 Å². The SMILES string of the molecule is CCCCCCCCCOc1c(CCCCCCC)ccc(OC(=O)O)c1O. The Morgan fingerprint density at radius 3 is 2.04 bits per heavy atom. The average Bonchev–Trinajstić information content (AvgIpc) is 2.67. The molecule has 0 spiro atoms. The Bertz CT molecular complexity index is 556. The monoisotopic (exact) mass is 394 g/mol. The quantitative estimate of drug-likeness (QED) is 0.178. The van der Waals surface area contributed by atoms with Crippen LogP contribution in [-0.4, -0.2) is 23.0 Å². The Morgan fingerprint density at radius 2 is 1.43 bits per heavy atom. The Balaban J connectivity index is 2.59. The molecule has 0 fully saturated rings. The van der Waals surface area contributed by atoms with Gasteiger partial charge in [-0.15, -0.1) is 0 Å². The fraction of sp³-hybridized carbons (Fsp3) is 0.696. The largest absolute Gasteiger partial charge is 0.511 e. The van der Waals surface area contributed by atoms with Gasteiger partial charge in [-0.2, -0.15) is 0 Å². The predicted molar refractivity (Wildman–Crippen MR) is 113 cm³/mol. The summed E-state index contributed by atoms with van der Waals surface area (Å²) in [5.41, 5.74) is 0.912. The first kappa shape index (κ1) is 24.1. The van der Waals surface area contributed by atoms with Crippen LogP contribution in [0.15, 0.2) is 12.1 Å². The average molecular weight is 395 g/mol. The molecule has 0 aliphatic rings. The zero-order chi connectivity index (χ0) is 20.6. The van der Waals surface area contributed by atoms with Gasteiger partial charge in [-0.25, -0.2) is 4.79 Å². The zero-order valence-corrected chi connectivity index (χ0v) is 17.7. The number of ether oxygens (including phenoxy) is 2. The van der Waals surface area contributed by atoms with Crippen molar-refractivity contribution in [2.45, 2.75) is 97.3 Å². The number of aryl methyl sites for hydroxylation is 1. The summed E-state index contributed by atoms with van der Waals surface area (Å²) in [5, 5.41) is 19.3. The lowest BCUT2D eigenvalue weighted by Gasteiger charge is -2.15. The second kappa shape index (κ2) is 15.1. The van der Waals surface area contributed by atoms with Gasteiger partial charge < -0.3 is 19.7 Å². The highest BCUT2D eigenvalue weighted by Crippen LogP contribution is 2.40. The summed E-state index contributed by atoms with van der Waals surface area (Å²) in [6.07, 6.45) is 13.5. The number of phenols is 1. The standard InChI is InChI=1S/C23H38O5/c1-3-5-7-9-10-12-14-18-27-22-19(15-13-11-8-6-4-2)16-17-20(21(22)24)28-23(25)26/h16-17,24H,3-15,18H2,1-2H3,(H,25,26). The van der Waals surface area contributed by atoms with Crippen LogP contribution in [0.4, 0.5) is 4.79 Å². The fourth-order valence-corrected chi connectivity index (χ4v) is 3.28. The van der Waals surface area contributed by atoms with Crippen molar-refractivity contribution in [3.05, 3.63) is 17.7 Å². The highest BCUT2D eigenvalue weighted by Gasteiger charge is 2.17. The van der Waals surface area contributed by atoms with Crippen LogP contribution in [-0.2, 0) is 6.42 Å². The molecule has 2 N–H and O–H groups in total. The molecule has 0 aliphatic heterocycles. The van der Waals surface area contributed by atoms with Crippen LogP contribution in [0.2, 0.25) is 0 Å². The number of rotatable bonds is 16. The highest BCUT2D eigenvalue weighted by atomic mass is 16.7. The molecule has 5 nitrogen and oxygen atoms in total.